The van der Waals surface area contributed by atoms with Crippen LogP contribution in [-0.2, 0) is 16.5 Å². The second kappa shape index (κ2) is 7.95. The standard InChI is InChI=1S/C18H31N3O3/c1-13-18(14(2)20(3)19-13)17-7-4-8-21(17)10-15(22)11-23-12-16-6-5-9-24-16/h15-17,22H,4-12H2,1-3H3/t15-,16+,17+/m1/s1. The van der Waals surface area contributed by atoms with Crippen molar-refractivity contribution in [1.29, 1.82) is 0 Å². The zero-order valence-corrected chi connectivity index (χ0v) is 15.2. The number of rotatable bonds is 7. The van der Waals surface area contributed by atoms with Crippen LogP contribution in [-0.4, -0.2) is 64.9 Å². The summed E-state index contributed by atoms with van der Waals surface area (Å²) in [4.78, 5) is 2.39. The summed E-state index contributed by atoms with van der Waals surface area (Å²) in [5, 5.41) is 14.9. The van der Waals surface area contributed by atoms with Gasteiger partial charge in [0, 0.05) is 37.5 Å². The summed E-state index contributed by atoms with van der Waals surface area (Å²) in [7, 11) is 2.00. The molecule has 0 amide bonds. The van der Waals surface area contributed by atoms with Gasteiger partial charge < -0.3 is 14.6 Å². The van der Waals surface area contributed by atoms with E-state index in [0.29, 0.717) is 25.8 Å². The molecule has 3 heterocycles. The lowest BCUT2D eigenvalue weighted by Crippen LogP contribution is -2.35. The van der Waals surface area contributed by atoms with Gasteiger partial charge in [-0.05, 0) is 46.1 Å². The van der Waals surface area contributed by atoms with Gasteiger partial charge in [0.1, 0.15) is 0 Å². The lowest BCUT2D eigenvalue weighted by atomic mass is 10.0. The summed E-state index contributed by atoms with van der Waals surface area (Å²) >= 11 is 0. The van der Waals surface area contributed by atoms with Crippen LogP contribution in [0.15, 0.2) is 0 Å². The van der Waals surface area contributed by atoms with E-state index in [1.807, 2.05) is 11.7 Å². The fraction of sp³-hybridized carbons (Fsp3) is 0.833. The molecular weight excluding hydrogens is 306 g/mol. The Morgan fingerprint density at radius 1 is 1.33 bits per heavy atom. The Morgan fingerprint density at radius 3 is 2.83 bits per heavy atom. The zero-order valence-electron chi connectivity index (χ0n) is 15.2. The third kappa shape index (κ3) is 3.99. The smallest absolute Gasteiger partial charge is 0.0900 e. The predicted molar refractivity (Wildman–Crippen MR) is 92.0 cm³/mol. The molecule has 3 atom stereocenters. The molecule has 0 radical (unpaired) electrons. The van der Waals surface area contributed by atoms with Gasteiger partial charge in [-0.1, -0.05) is 0 Å². The number of aliphatic hydroxyl groups excluding tert-OH is 1. The third-order valence-electron chi connectivity index (χ3n) is 5.35. The number of nitrogens with zero attached hydrogens (tertiary/aromatic N) is 3. The number of ether oxygens (including phenoxy) is 2. The maximum Gasteiger partial charge on any atom is 0.0900 e. The Hall–Kier alpha value is -0.950. The molecule has 0 spiro atoms. The van der Waals surface area contributed by atoms with E-state index in [-0.39, 0.29) is 6.10 Å². The van der Waals surface area contributed by atoms with E-state index in [2.05, 4.69) is 23.8 Å². The van der Waals surface area contributed by atoms with Gasteiger partial charge in [0.05, 0.1) is 31.1 Å². The van der Waals surface area contributed by atoms with Crippen LogP contribution in [0, 0.1) is 13.8 Å². The molecule has 0 saturated carbocycles. The van der Waals surface area contributed by atoms with Crippen molar-refractivity contribution in [3.8, 4) is 0 Å². The molecule has 0 bridgehead atoms. The fourth-order valence-electron chi connectivity index (χ4n) is 4.08. The van der Waals surface area contributed by atoms with Crippen LogP contribution in [0.3, 0.4) is 0 Å². The molecular formula is C18H31N3O3. The largest absolute Gasteiger partial charge is 0.389 e. The average Bonchev–Trinajstić information content (AvgIpc) is 3.24. The summed E-state index contributed by atoms with van der Waals surface area (Å²) in [6, 6.07) is 0.367. The van der Waals surface area contributed by atoms with E-state index < -0.39 is 6.10 Å². The van der Waals surface area contributed by atoms with Crippen molar-refractivity contribution in [2.24, 2.45) is 7.05 Å². The lowest BCUT2D eigenvalue weighted by Gasteiger charge is -2.27. The van der Waals surface area contributed by atoms with Gasteiger partial charge in [-0.15, -0.1) is 0 Å². The van der Waals surface area contributed by atoms with Crippen LogP contribution in [0.1, 0.15) is 48.7 Å². The second-order valence-electron chi connectivity index (χ2n) is 7.19. The minimum atomic E-state index is -0.454. The van der Waals surface area contributed by atoms with Crippen molar-refractivity contribution in [3.05, 3.63) is 17.0 Å². The summed E-state index contributed by atoms with van der Waals surface area (Å²) in [5.41, 5.74) is 3.67. The fourth-order valence-corrected chi connectivity index (χ4v) is 4.08. The highest BCUT2D eigenvalue weighted by Gasteiger charge is 2.31. The zero-order chi connectivity index (χ0) is 17.1. The monoisotopic (exact) mass is 337 g/mol. The van der Waals surface area contributed by atoms with Gasteiger partial charge in [0.25, 0.3) is 0 Å². The van der Waals surface area contributed by atoms with Crippen LogP contribution in [0.25, 0.3) is 0 Å². The van der Waals surface area contributed by atoms with Crippen LogP contribution in [0.2, 0.25) is 0 Å². The van der Waals surface area contributed by atoms with Crippen molar-refractivity contribution in [2.45, 2.75) is 57.8 Å². The second-order valence-corrected chi connectivity index (χ2v) is 7.19. The molecule has 3 rings (SSSR count). The van der Waals surface area contributed by atoms with E-state index in [4.69, 9.17) is 9.47 Å². The van der Waals surface area contributed by atoms with Crippen molar-refractivity contribution in [3.63, 3.8) is 0 Å². The summed E-state index contributed by atoms with van der Waals surface area (Å²) < 4.78 is 13.2. The first-order valence-electron chi connectivity index (χ1n) is 9.17. The molecule has 0 unspecified atom stereocenters. The number of hydrogen-bond donors (Lipinski definition) is 1. The number of β-amino-alcohol motifs (C(OH)–C–C–N with tert-alkyl or cyclic N) is 1. The summed E-state index contributed by atoms with van der Waals surface area (Å²) in [6.45, 7) is 7.73. The van der Waals surface area contributed by atoms with E-state index in [9.17, 15) is 5.11 Å². The van der Waals surface area contributed by atoms with Crippen molar-refractivity contribution in [2.75, 3.05) is 32.9 Å². The maximum absolute atomic E-state index is 10.4. The Bertz CT molecular complexity index is 540. The molecule has 2 saturated heterocycles. The van der Waals surface area contributed by atoms with Gasteiger partial charge >= 0.3 is 0 Å². The van der Waals surface area contributed by atoms with Gasteiger partial charge in [0.15, 0.2) is 0 Å². The Labute approximate surface area is 144 Å². The molecule has 1 aromatic rings. The van der Waals surface area contributed by atoms with Gasteiger partial charge in [-0.2, -0.15) is 5.10 Å². The molecule has 6 nitrogen and oxygen atoms in total. The lowest BCUT2D eigenvalue weighted by molar-refractivity contribution is -0.0262. The SMILES string of the molecule is Cc1nn(C)c(C)c1[C@@H]1CCCN1C[C@@H](O)COC[C@@H]1CCCO1. The third-order valence-corrected chi connectivity index (χ3v) is 5.35. The molecule has 6 heteroatoms. The number of likely N-dealkylation sites (tertiary alicyclic amines) is 1. The minimum Gasteiger partial charge on any atom is -0.389 e. The summed E-state index contributed by atoms with van der Waals surface area (Å²) in [5.74, 6) is 0. The molecule has 2 fully saturated rings. The van der Waals surface area contributed by atoms with Crippen molar-refractivity contribution < 1.29 is 14.6 Å². The normalized spacial score (nSPS) is 26.3. The minimum absolute atomic E-state index is 0.220. The predicted octanol–water partition coefficient (Wildman–Crippen LogP) is 1.73. The van der Waals surface area contributed by atoms with Crippen LogP contribution in [0.5, 0.6) is 0 Å². The topological polar surface area (TPSA) is 59.8 Å². The molecule has 1 aromatic heterocycles. The van der Waals surface area contributed by atoms with E-state index in [0.717, 1.165) is 38.1 Å². The molecule has 2 aliphatic rings. The van der Waals surface area contributed by atoms with E-state index in [1.54, 1.807) is 0 Å². The Kier molecular flexibility index (Phi) is 5.92. The highest BCUT2D eigenvalue weighted by molar-refractivity contribution is 5.29. The molecule has 2 aliphatic heterocycles. The Balaban J connectivity index is 1.51. The molecule has 136 valence electrons. The van der Waals surface area contributed by atoms with E-state index in [1.165, 1.54) is 17.7 Å². The first-order chi connectivity index (χ1) is 11.6. The van der Waals surface area contributed by atoms with Crippen molar-refractivity contribution in [1.82, 2.24) is 14.7 Å². The number of aliphatic hydroxyl groups is 1. The van der Waals surface area contributed by atoms with Gasteiger partial charge in [0.2, 0.25) is 0 Å². The van der Waals surface area contributed by atoms with Crippen LogP contribution < -0.4 is 0 Å². The highest BCUT2D eigenvalue weighted by atomic mass is 16.5. The molecule has 24 heavy (non-hydrogen) atoms. The van der Waals surface area contributed by atoms with E-state index >= 15 is 0 Å². The number of aromatic nitrogens is 2. The Morgan fingerprint density at radius 2 is 2.17 bits per heavy atom. The number of aryl methyl sites for hydroxylation is 2. The summed E-state index contributed by atoms with van der Waals surface area (Å²) in [6.07, 6.45) is 4.26. The highest BCUT2D eigenvalue weighted by Crippen LogP contribution is 2.35. The molecule has 0 aliphatic carbocycles. The molecule has 0 aromatic carbocycles. The van der Waals surface area contributed by atoms with Gasteiger partial charge in [-0.3, -0.25) is 9.58 Å². The average molecular weight is 337 g/mol. The number of hydrogen-bond acceptors (Lipinski definition) is 5. The molecule has 1 N–H and O–H groups in total. The maximum atomic E-state index is 10.4. The first-order valence-corrected chi connectivity index (χ1v) is 9.17. The van der Waals surface area contributed by atoms with Crippen LogP contribution >= 0.6 is 0 Å². The first kappa shape index (κ1) is 17.9. The van der Waals surface area contributed by atoms with Crippen LogP contribution in [0.4, 0.5) is 0 Å². The van der Waals surface area contributed by atoms with Crippen molar-refractivity contribution >= 4 is 0 Å². The quantitative estimate of drug-likeness (QED) is 0.821. The van der Waals surface area contributed by atoms with Gasteiger partial charge in [-0.25, -0.2) is 0 Å².